The van der Waals surface area contributed by atoms with E-state index in [2.05, 4.69) is 19.1 Å². The van der Waals surface area contributed by atoms with Crippen LogP contribution in [0.2, 0.25) is 0 Å². The van der Waals surface area contributed by atoms with Crippen molar-refractivity contribution < 1.29 is 18.3 Å². The Morgan fingerprint density at radius 3 is 1.98 bits per heavy atom. The van der Waals surface area contributed by atoms with Gasteiger partial charge < -0.3 is 9.47 Å². The van der Waals surface area contributed by atoms with E-state index in [1.807, 2.05) is 0 Å². The second kappa shape index (κ2) is 14.7. The molecule has 0 N–H and O–H groups in total. The summed E-state index contributed by atoms with van der Waals surface area (Å²) in [6.07, 6.45) is 25.5. The fourth-order valence-electron chi connectivity index (χ4n) is 9.00. The number of ether oxygens (including phenoxy) is 2. The lowest BCUT2D eigenvalue weighted by atomic mass is 9.67. The molecule has 3 aliphatic carbocycles. The van der Waals surface area contributed by atoms with Crippen LogP contribution in [0.3, 0.4) is 0 Å². The maximum Gasteiger partial charge on any atom is 0.200 e. The SMILES string of the molecule is C/C=C/CCC1CCC(C2CCC(C3CCC(C4CCC(c5ccc(OCC)c(F)c5F)CC4)CC3)OC2)CC1. The van der Waals surface area contributed by atoms with Gasteiger partial charge in [0.1, 0.15) is 0 Å². The van der Waals surface area contributed by atoms with Gasteiger partial charge in [0.2, 0.25) is 5.82 Å². The van der Waals surface area contributed by atoms with E-state index in [9.17, 15) is 8.78 Å². The molecule has 5 rings (SSSR count). The smallest absolute Gasteiger partial charge is 0.200 e. The minimum Gasteiger partial charge on any atom is -0.491 e. The highest BCUT2D eigenvalue weighted by Gasteiger charge is 2.37. The van der Waals surface area contributed by atoms with Gasteiger partial charge >= 0.3 is 0 Å². The Kier molecular flexibility index (Phi) is 11.0. The normalized spacial score (nSPS) is 35.6. The van der Waals surface area contributed by atoms with Gasteiger partial charge in [0, 0.05) is 0 Å². The Morgan fingerprint density at radius 1 is 0.750 bits per heavy atom. The monoisotopic (exact) mass is 556 g/mol. The zero-order chi connectivity index (χ0) is 27.9. The number of hydrogen-bond acceptors (Lipinski definition) is 2. The summed E-state index contributed by atoms with van der Waals surface area (Å²) < 4.78 is 41.0. The minimum atomic E-state index is -0.820. The van der Waals surface area contributed by atoms with Crippen molar-refractivity contribution in [2.45, 2.75) is 129 Å². The van der Waals surface area contributed by atoms with Gasteiger partial charge in [-0.2, -0.15) is 4.39 Å². The largest absolute Gasteiger partial charge is 0.491 e. The van der Waals surface area contributed by atoms with E-state index < -0.39 is 11.6 Å². The summed E-state index contributed by atoms with van der Waals surface area (Å²) in [4.78, 5) is 0. The Morgan fingerprint density at radius 2 is 1.35 bits per heavy atom. The molecule has 0 radical (unpaired) electrons. The van der Waals surface area contributed by atoms with E-state index in [1.54, 1.807) is 19.1 Å². The molecule has 40 heavy (non-hydrogen) atoms. The Balaban J connectivity index is 1.01. The third-order valence-corrected chi connectivity index (χ3v) is 11.5. The first-order chi connectivity index (χ1) is 19.6. The average Bonchev–Trinajstić information content (AvgIpc) is 3.01. The van der Waals surface area contributed by atoms with Crippen LogP contribution < -0.4 is 4.74 Å². The lowest BCUT2D eigenvalue weighted by molar-refractivity contribution is -0.0757. The average molecular weight is 557 g/mol. The highest BCUT2D eigenvalue weighted by molar-refractivity contribution is 5.33. The van der Waals surface area contributed by atoms with Gasteiger partial charge in [-0.25, -0.2) is 4.39 Å². The summed E-state index contributed by atoms with van der Waals surface area (Å²) in [5.74, 6) is 3.60. The van der Waals surface area contributed by atoms with Crippen LogP contribution in [0.15, 0.2) is 24.3 Å². The molecule has 0 bridgehead atoms. The molecule has 0 spiro atoms. The van der Waals surface area contributed by atoms with Gasteiger partial charge in [-0.3, -0.25) is 0 Å². The van der Waals surface area contributed by atoms with E-state index in [0.29, 0.717) is 18.3 Å². The quantitative estimate of drug-likeness (QED) is 0.282. The molecule has 2 atom stereocenters. The van der Waals surface area contributed by atoms with Crippen LogP contribution in [0.5, 0.6) is 5.75 Å². The van der Waals surface area contributed by atoms with Crippen LogP contribution in [0.1, 0.15) is 128 Å². The summed E-state index contributed by atoms with van der Waals surface area (Å²) in [5.41, 5.74) is 0.549. The van der Waals surface area contributed by atoms with Crippen molar-refractivity contribution in [1.82, 2.24) is 0 Å². The Labute approximate surface area is 242 Å². The number of hydrogen-bond donors (Lipinski definition) is 0. The van der Waals surface area contributed by atoms with Gasteiger partial charge in [-0.05, 0) is 157 Å². The zero-order valence-corrected chi connectivity index (χ0v) is 25.2. The van der Waals surface area contributed by atoms with Gasteiger partial charge in [-0.15, -0.1) is 0 Å². The second-order valence-electron chi connectivity index (χ2n) is 13.6. The molecular formula is C36H54F2O2. The predicted molar refractivity (Wildman–Crippen MR) is 160 cm³/mol. The molecule has 0 amide bonds. The number of rotatable bonds is 9. The Hall–Kier alpha value is -1.42. The molecule has 1 aromatic rings. The highest BCUT2D eigenvalue weighted by atomic mass is 19.2. The molecule has 3 saturated carbocycles. The molecule has 4 fully saturated rings. The zero-order valence-electron chi connectivity index (χ0n) is 25.2. The summed E-state index contributed by atoms with van der Waals surface area (Å²) in [5, 5.41) is 0. The van der Waals surface area contributed by atoms with Crippen molar-refractivity contribution in [3.8, 4) is 5.75 Å². The van der Waals surface area contributed by atoms with E-state index >= 15 is 0 Å². The van der Waals surface area contributed by atoms with E-state index in [4.69, 9.17) is 9.47 Å². The van der Waals surface area contributed by atoms with Gasteiger partial charge in [0.15, 0.2) is 11.6 Å². The van der Waals surface area contributed by atoms with Gasteiger partial charge in [0.25, 0.3) is 0 Å². The maximum atomic E-state index is 14.8. The lowest BCUT2D eigenvalue weighted by Crippen LogP contribution is -2.38. The van der Waals surface area contributed by atoms with Crippen LogP contribution in [0.4, 0.5) is 8.78 Å². The minimum absolute atomic E-state index is 0.0324. The third-order valence-electron chi connectivity index (χ3n) is 11.5. The number of halogens is 2. The summed E-state index contributed by atoms with van der Waals surface area (Å²) in [6, 6.07) is 3.37. The molecular weight excluding hydrogens is 502 g/mol. The summed E-state index contributed by atoms with van der Waals surface area (Å²) in [7, 11) is 0. The van der Waals surface area contributed by atoms with Crippen molar-refractivity contribution in [2.75, 3.05) is 13.2 Å². The summed E-state index contributed by atoms with van der Waals surface area (Å²) >= 11 is 0. The van der Waals surface area contributed by atoms with E-state index in [0.717, 1.165) is 67.8 Å². The molecule has 1 aliphatic heterocycles. The lowest BCUT2D eigenvalue weighted by Gasteiger charge is -2.43. The third kappa shape index (κ3) is 7.31. The van der Waals surface area contributed by atoms with E-state index in [1.165, 1.54) is 77.0 Å². The molecule has 224 valence electrons. The fraction of sp³-hybridized carbons (Fsp3) is 0.778. The van der Waals surface area contributed by atoms with E-state index in [-0.39, 0.29) is 11.7 Å². The molecule has 2 unspecified atom stereocenters. The fourth-order valence-corrected chi connectivity index (χ4v) is 9.00. The summed E-state index contributed by atoms with van der Waals surface area (Å²) in [6.45, 7) is 5.27. The van der Waals surface area contributed by atoms with Crippen LogP contribution in [-0.4, -0.2) is 19.3 Å². The first-order valence-electron chi connectivity index (χ1n) is 16.9. The maximum absolute atomic E-state index is 14.8. The van der Waals surface area contributed by atoms with Crippen molar-refractivity contribution >= 4 is 0 Å². The molecule has 1 saturated heterocycles. The standard InChI is InChI=1S/C36H54F2O2/c1-3-5-6-7-25-8-10-28(11-9-25)31-20-22-33(40-24-31)30-18-14-27(15-19-30)26-12-16-29(17-13-26)32-21-23-34(39-4-2)36(38)35(32)37/h3,5,21,23,25-31,33H,4,6-20,22,24H2,1-2H3/b5-3+. The predicted octanol–water partition coefficient (Wildman–Crippen LogP) is 10.4. The van der Waals surface area contributed by atoms with Gasteiger partial charge in [-0.1, -0.05) is 31.1 Å². The molecule has 1 aromatic carbocycles. The van der Waals surface area contributed by atoms with Crippen molar-refractivity contribution in [3.63, 3.8) is 0 Å². The van der Waals surface area contributed by atoms with Gasteiger partial charge in [0.05, 0.1) is 19.3 Å². The van der Waals surface area contributed by atoms with Crippen LogP contribution >= 0.6 is 0 Å². The highest BCUT2D eigenvalue weighted by Crippen LogP contribution is 2.47. The molecule has 0 aromatic heterocycles. The van der Waals surface area contributed by atoms with Crippen molar-refractivity contribution in [3.05, 3.63) is 41.5 Å². The molecule has 4 heteroatoms. The van der Waals surface area contributed by atoms with Crippen LogP contribution in [0.25, 0.3) is 0 Å². The number of allylic oxidation sites excluding steroid dienone is 2. The van der Waals surface area contributed by atoms with Crippen LogP contribution in [-0.2, 0) is 4.74 Å². The molecule has 1 heterocycles. The van der Waals surface area contributed by atoms with Crippen molar-refractivity contribution in [1.29, 1.82) is 0 Å². The first kappa shape index (κ1) is 30.1. The number of benzene rings is 1. The second-order valence-corrected chi connectivity index (χ2v) is 13.6. The molecule has 4 aliphatic rings. The van der Waals surface area contributed by atoms with Crippen molar-refractivity contribution in [2.24, 2.45) is 35.5 Å². The topological polar surface area (TPSA) is 18.5 Å². The first-order valence-corrected chi connectivity index (χ1v) is 16.9. The Bertz CT molecular complexity index is 928. The van der Waals surface area contributed by atoms with Crippen LogP contribution in [0, 0.1) is 47.1 Å². The molecule has 2 nitrogen and oxygen atoms in total.